The van der Waals surface area contributed by atoms with Crippen molar-refractivity contribution in [3.8, 4) is 40.9 Å². The summed E-state index contributed by atoms with van der Waals surface area (Å²) in [6.45, 7) is 0. The molecule has 1 N–H and O–H groups in total. The Hall–Kier alpha value is -5.15. The van der Waals surface area contributed by atoms with Crippen molar-refractivity contribution in [2.75, 3.05) is 14.2 Å². The van der Waals surface area contributed by atoms with Gasteiger partial charge in [-0.15, -0.1) is 0 Å². The predicted octanol–water partition coefficient (Wildman–Crippen LogP) is 5.25. The fourth-order valence-electron chi connectivity index (χ4n) is 2.40. The van der Waals surface area contributed by atoms with Crippen LogP contribution in [-0.2, 0) is 0 Å². The van der Waals surface area contributed by atoms with Gasteiger partial charge in [0.15, 0.2) is 23.1 Å². The van der Waals surface area contributed by atoms with E-state index < -0.39 is 5.82 Å². The number of phenols is 1. The third-order valence-electron chi connectivity index (χ3n) is 4.05. The first kappa shape index (κ1) is 26.1. The fraction of sp³-hybridized carbons (Fsp3) is 0.0769. The number of aromatic hydroxyl groups is 1. The van der Waals surface area contributed by atoms with E-state index in [1.807, 2.05) is 42.5 Å². The Morgan fingerprint density at radius 3 is 1.74 bits per heavy atom. The maximum absolute atomic E-state index is 12.6. The Morgan fingerprint density at radius 2 is 1.26 bits per heavy atom. The van der Waals surface area contributed by atoms with E-state index in [2.05, 4.69) is 14.7 Å². The maximum Gasteiger partial charge on any atom is 0.187 e. The summed E-state index contributed by atoms with van der Waals surface area (Å²) >= 11 is 0. The number of hydrogen-bond donors (Lipinski definition) is 1. The largest absolute Gasteiger partial charge is 0.508 e. The van der Waals surface area contributed by atoms with Crippen molar-refractivity contribution in [2.45, 2.75) is 0 Å². The number of methoxy groups -OCH3 is 2. The van der Waals surface area contributed by atoms with Gasteiger partial charge in [-0.2, -0.15) is 10.5 Å². The minimum Gasteiger partial charge on any atom is -0.508 e. The summed E-state index contributed by atoms with van der Waals surface area (Å²) in [7, 11) is 2.86. The average molecular weight is 472 g/mol. The van der Waals surface area contributed by atoms with Crippen molar-refractivity contribution in [3.63, 3.8) is 0 Å². The van der Waals surface area contributed by atoms with Crippen LogP contribution in [0.3, 0.4) is 0 Å². The number of nitriles is 2. The monoisotopic (exact) mass is 472 g/mol. The molecule has 0 fully saturated rings. The van der Waals surface area contributed by atoms with Crippen molar-refractivity contribution in [2.24, 2.45) is 0 Å². The standard InChI is InChI=1S/C13H10N2O2.C7H5FN2O.C6H6O/c1-16-12-7-10(8-14)15-9-13(12)17-11-5-3-2-4-6-11;1-11-7-2-5(3-9)10-4-6(7)8;7-6-4-2-1-3-5-6/h2-7,9H,1H3;2,4H,1H3;1-5,7H. The highest BCUT2D eigenvalue weighted by Gasteiger charge is 2.07. The molecule has 0 bridgehead atoms. The van der Waals surface area contributed by atoms with Gasteiger partial charge in [-0.1, -0.05) is 36.4 Å². The van der Waals surface area contributed by atoms with E-state index in [-0.39, 0.29) is 11.4 Å². The second kappa shape index (κ2) is 14.1. The Morgan fingerprint density at radius 1 is 0.743 bits per heavy atom. The quantitative estimate of drug-likeness (QED) is 0.428. The molecule has 8 nitrogen and oxygen atoms in total. The summed E-state index contributed by atoms with van der Waals surface area (Å²) in [5.41, 5.74) is 0.436. The van der Waals surface area contributed by atoms with Gasteiger partial charge in [0.2, 0.25) is 0 Å². The molecule has 0 saturated heterocycles. The molecule has 0 aliphatic heterocycles. The van der Waals surface area contributed by atoms with Crippen LogP contribution in [0.25, 0.3) is 0 Å². The zero-order chi connectivity index (χ0) is 25.5. The highest BCUT2D eigenvalue weighted by Crippen LogP contribution is 2.30. The summed E-state index contributed by atoms with van der Waals surface area (Å²) < 4.78 is 28.0. The number of para-hydroxylation sites is 2. The number of nitrogens with zero attached hydrogens (tertiary/aromatic N) is 4. The van der Waals surface area contributed by atoms with Crippen LogP contribution in [0, 0.1) is 28.5 Å². The third-order valence-corrected chi connectivity index (χ3v) is 4.05. The first-order valence-corrected chi connectivity index (χ1v) is 10.0. The van der Waals surface area contributed by atoms with Crippen LogP contribution in [0.2, 0.25) is 0 Å². The van der Waals surface area contributed by atoms with E-state index in [1.165, 1.54) is 32.5 Å². The predicted molar refractivity (Wildman–Crippen MR) is 126 cm³/mol. The number of hydrogen-bond acceptors (Lipinski definition) is 8. The number of ether oxygens (including phenoxy) is 3. The van der Waals surface area contributed by atoms with Crippen LogP contribution in [0.4, 0.5) is 4.39 Å². The number of rotatable bonds is 4. The molecule has 0 saturated carbocycles. The van der Waals surface area contributed by atoms with Gasteiger partial charge in [0, 0.05) is 12.1 Å². The van der Waals surface area contributed by atoms with Gasteiger partial charge in [0.05, 0.1) is 26.6 Å². The average Bonchev–Trinajstić information content (AvgIpc) is 2.91. The van der Waals surface area contributed by atoms with Crippen LogP contribution in [0.1, 0.15) is 11.4 Å². The molecule has 2 heterocycles. The van der Waals surface area contributed by atoms with Crippen molar-refractivity contribution in [1.29, 1.82) is 10.5 Å². The summed E-state index contributed by atoms with van der Waals surface area (Å²) in [6, 6.07) is 24.5. The second-order valence-corrected chi connectivity index (χ2v) is 6.40. The molecule has 0 aliphatic carbocycles. The smallest absolute Gasteiger partial charge is 0.187 e. The van der Waals surface area contributed by atoms with E-state index in [0.29, 0.717) is 28.7 Å². The molecule has 2 aromatic heterocycles. The molecule has 35 heavy (non-hydrogen) atoms. The normalized spacial score (nSPS) is 9.06. The Balaban J connectivity index is 0.000000205. The highest BCUT2D eigenvalue weighted by atomic mass is 19.1. The Bertz CT molecular complexity index is 1290. The molecule has 4 rings (SSSR count). The number of pyridine rings is 2. The Labute approximate surface area is 202 Å². The molecule has 0 spiro atoms. The minimum atomic E-state index is -0.563. The molecule has 2 aromatic carbocycles. The third kappa shape index (κ3) is 8.72. The lowest BCUT2D eigenvalue weighted by Gasteiger charge is -2.09. The number of phenolic OH excluding ortho intramolecular Hbond substituents is 1. The number of aromatic nitrogens is 2. The molecule has 0 radical (unpaired) electrons. The topological polar surface area (TPSA) is 121 Å². The van der Waals surface area contributed by atoms with E-state index >= 15 is 0 Å². The van der Waals surface area contributed by atoms with Crippen LogP contribution >= 0.6 is 0 Å². The first-order valence-electron chi connectivity index (χ1n) is 10.0. The summed E-state index contributed by atoms with van der Waals surface area (Å²) in [4.78, 5) is 7.43. The second-order valence-electron chi connectivity index (χ2n) is 6.40. The molecule has 9 heteroatoms. The van der Waals surface area contributed by atoms with E-state index in [1.54, 1.807) is 30.3 Å². The first-order chi connectivity index (χ1) is 17.0. The Kier molecular flexibility index (Phi) is 10.5. The van der Waals surface area contributed by atoms with E-state index in [9.17, 15) is 4.39 Å². The number of benzene rings is 2. The lowest BCUT2D eigenvalue weighted by atomic mass is 10.3. The van der Waals surface area contributed by atoms with Crippen LogP contribution in [-0.4, -0.2) is 29.3 Å². The van der Waals surface area contributed by atoms with Gasteiger partial charge >= 0.3 is 0 Å². The zero-order valence-electron chi connectivity index (χ0n) is 18.9. The zero-order valence-corrected chi connectivity index (χ0v) is 18.9. The van der Waals surface area contributed by atoms with Crippen molar-refractivity contribution in [3.05, 3.63) is 102 Å². The number of halogens is 1. The molecular weight excluding hydrogens is 451 g/mol. The lowest BCUT2D eigenvalue weighted by molar-refractivity contribution is 0.377. The van der Waals surface area contributed by atoms with Gasteiger partial charge < -0.3 is 19.3 Å². The summed E-state index contributed by atoms with van der Waals surface area (Å²) in [6.07, 6.45) is 2.43. The SMILES string of the molecule is COc1cc(C#N)ncc1F.COc1cc(C#N)ncc1Oc1ccccc1.Oc1ccccc1. The van der Waals surface area contributed by atoms with Crippen LogP contribution < -0.4 is 14.2 Å². The summed E-state index contributed by atoms with van der Waals surface area (Å²) in [5, 5.41) is 25.7. The molecule has 0 amide bonds. The van der Waals surface area contributed by atoms with Gasteiger partial charge in [-0.3, -0.25) is 0 Å². The molecule has 176 valence electrons. The minimum absolute atomic E-state index is 0.0385. The maximum atomic E-state index is 12.6. The molecule has 4 aromatic rings. The van der Waals surface area contributed by atoms with Crippen molar-refractivity contribution < 1.29 is 23.7 Å². The van der Waals surface area contributed by atoms with E-state index in [4.69, 9.17) is 25.1 Å². The molecule has 0 aliphatic rings. The lowest BCUT2D eigenvalue weighted by Crippen LogP contribution is -1.93. The molecular formula is C26H21FN4O4. The molecule has 0 atom stereocenters. The van der Waals surface area contributed by atoms with Gasteiger partial charge in [0.1, 0.15) is 35.0 Å². The van der Waals surface area contributed by atoms with Crippen molar-refractivity contribution >= 4 is 0 Å². The van der Waals surface area contributed by atoms with Crippen LogP contribution in [0.5, 0.6) is 28.7 Å². The summed E-state index contributed by atoms with van der Waals surface area (Å²) in [5.74, 6) is 1.46. The highest BCUT2D eigenvalue weighted by molar-refractivity contribution is 5.44. The van der Waals surface area contributed by atoms with Gasteiger partial charge in [-0.05, 0) is 24.3 Å². The van der Waals surface area contributed by atoms with Gasteiger partial charge in [0.25, 0.3) is 0 Å². The van der Waals surface area contributed by atoms with E-state index in [0.717, 1.165) is 6.20 Å². The fourth-order valence-corrected chi connectivity index (χ4v) is 2.40. The van der Waals surface area contributed by atoms with Gasteiger partial charge in [-0.25, -0.2) is 14.4 Å². The van der Waals surface area contributed by atoms with Crippen molar-refractivity contribution in [1.82, 2.24) is 9.97 Å². The molecule has 0 unspecified atom stereocenters. The van der Waals surface area contributed by atoms with Crippen LogP contribution in [0.15, 0.2) is 85.2 Å².